The lowest BCUT2D eigenvalue weighted by Crippen LogP contribution is -2.10. The van der Waals surface area contributed by atoms with Gasteiger partial charge in [-0.15, -0.1) is 0 Å². The molecule has 1 aromatic heterocycles. The molecule has 2 heteroatoms. The van der Waals surface area contributed by atoms with Crippen molar-refractivity contribution in [1.82, 2.24) is 4.57 Å². The first-order valence-electron chi connectivity index (χ1n) is 17.9. The molecule has 0 amide bonds. The number of nitrogens with zero attached hydrogens (tertiary/aromatic N) is 2. The Labute approximate surface area is 303 Å². The Morgan fingerprint density at radius 2 is 0.846 bits per heavy atom. The minimum absolute atomic E-state index is 1.10. The molecular weight excluding hydrogens is 629 g/mol. The zero-order valence-electron chi connectivity index (χ0n) is 28.5. The maximum absolute atomic E-state index is 2.40. The Kier molecular flexibility index (Phi) is 7.18. The lowest BCUT2D eigenvalue weighted by atomic mass is 9.91. The van der Waals surface area contributed by atoms with Crippen molar-refractivity contribution in [3.8, 4) is 27.9 Å². The van der Waals surface area contributed by atoms with Crippen LogP contribution < -0.4 is 4.90 Å². The highest BCUT2D eigenvalue weighted by atomic mass is 15.1. The van der Waals surface area contributed by atoms with Crippen molar-refractivity contribution in [2.45, 2.75) is 0 Å². The van der Waals surface area contributed by atoms with Crippen LogP contribution in [0.5, 0.6) is 0 Å². The molecule has 2 nitrogen and oxygen atoms in total. The number of rotatable bonds is 6. The molecule has 1 heterocycles. The van der Waals surface area contributed by atoms with Crippen molar-refractivity contribution in [1.29, 1.82) is 0 Å². The van der Waals surface area contributed by atoms with E-state index in [1.54, 1.807) is 0 Å². The quantitative estimate of drug-likeness (QED) is 0.172. The molecule has 0 bridgehead atoms. The van der Waals surface area contributed by atoms with Crippen molar-refractivity contribution in [2.24, 2.45) is 0 Å². The van der Waals surface area contributed by atoms with E-state index in [2.05, 4.69) is 216 Å². The fourth-order valence-corrected chi connectivity index (χ4v) is 7.94. The average Bonchev–Trinajstić information content (AvgIpc) is 3.54. The maximum atomic E-state index is 2.40. The normalized spacial score (nSPS) is 11.5. The van der Waals surface area contributed by atoms with Crippen LogP contribution in [0.1, 0.15) is 0 Å². The Hall–Kier alpha value is -6.90. The molecule has 0 atom stereocenters. The summed E-state index contributed by atoms with van der Waals surface area (Å²) in [4.78, 5) is 2.34. The first kappa shape index (κ1) is 30.0. The molecule has 9 aromatic carbocycles. The van der Waals surface area contributed by atoms with Gasteiger partial charge in [-0.25, -0.2) is 0 Å². The monoisotopic (exact) mass is 662 g/mol. The summed E-state index contributed by atoms with van der Waals surface area (Å²) >= 11 is 0. The third kappa shape index (κ3) is 5.04. The average molecular weight is 663 g/mol. The van der Waals surface area contributed by atoms with Crippen molar-refractivity contribution in [3.63, 3.8) is 0 Å². The first-order valence-corrected chi connectivity index (χ1v) is 17.9. The third-order valence-corrected chi connectivity index (χ3v) is 10.3. The summed E-state index contributed by atoms with van der Waals surface area (Å²) in [7, 11) is 0. The highest BCUT2D eigenvalue weighted by Crippen LogP contribution is 2.40. The number of fused-ring (bicyclic) bond motifs is 5. The van der Waals surface area contributed by atoms with Crippen LogP contribution in [0, 0.1) is 0 Å². The summed E-state index contributed by atoms with van der Waals surface area (Å²) < 4.78 is 2.40. The van der Waals surface area contributed by atoms with E-state index in [0.29, 0.717) is 0 Å². The van der Waals surface area contributed by atoms with Gasteiger partial charge in [0.1, 0.15) is 0 Å². The number of aromatic nitrogens is 1. The standard InChI is InChI=1S/C50H34N2/c1-3-13-35(14-4-1)44-22-11-17-37-18-12-23-45(50(37)44)36-25-27-41(28-26-36)51(40-19-5-2-6-20-40)42-29-31-43(32-30-42)52-48-24-10-9-21-46(48)47-33-38-15-7-8-16-39(38)34-49(47)52/h1-34H. The van der Waals surface area contributed by atoms with Gasteiger partial charge >= 0.3 is 0 Å². The van der Waals surface area contributed by atoms with E-state index >= 15 is 0 Å². The Balaban J connectivity index is 1.07. The van der Waals surface area contributed by atoms with E-state index in [0.717, 1.165) is 22.7 Å². The molecule has 0 fully saturated rings. The lowest BCUT2D eigenvalue weighted by Gasteiger charge is -2.26. The fraction of sp³-hybridized carbons (Fsp3) is 0. The van der Waals surface area contributed by atoms with Crippen LogP contribution in [-0.2, 0) is 0 Å². The van der Waals surface area contributed by atoms with Crippen LogP contribution in [0.4, 0.5) is 17.1 Å². The molecule has 52 heavy (non-hydrogen) atoms. The molecular formula is C50H34N2. The number of para-hydroxylation sites is 2. The van der Waals surface area contributed by atoms with Crippen molar-refractivity contribution >= 4 is 60.4 Å². The smallest absolute Gasteiger partial charge is 0.0547 e. The summed E-state index contributed by atoms with van der Waals surface area (Å²) in [6, 6.07) is 74.6. The van der Waals surface area contributed by atoms with Gasteiger partial charge in [-0.3, -0.25) is 0 Å². The predicted octanol–water partition coefficient (Wildman–Crippen LogP) is 13.9. The molecule has 10 rings (SSSR count). The van der Waals surface area contributed by atoms with E-state index in [1.807, 2.05) is 0 Å². The van der Waals surface area contributed by atoms with Crippen LogP contribution in [0.25, 0.3) is 71.3 Å². The number of anilines is 3. The van der Waals surface area contributed by atoms with Gasteiger partial charge in [0.15, 0.2) is 0 Å². The molecule has 0 radical (unpaired) electrons. The number of hydrogen-bond donors (Lipinski definition) is 0. The summed E-state index contributed by atoms with van der Waals surface area (Å²) in [5.74, 6) is 0. The largest absolute Gasteiger partial charge is 0.311 e. The summed E-state index contributed by atoms with van der Waals surface area (Å²) in [6.45, 7) is 0. The topological polar surface area (TPSA) is 8.17 Å². The SMILES string of the molecule is c1ccc(-c2cccc3cccc(-c4ccc(N(c5ccccc5)c5ccc(-n6c7ccccc7c7cc8ccccc8cc76)cc5)cc4)c23)cc1. The van der Waals surface area contributed by atoms with Gasteiger partial charge in [0, 0.05) is 33.5 Å². The molecule has 0 spiro atoms. The van der Waals surface area contributed by atoms with Crippen molar-refractivity contribution < 1.29 is 0 Å². The summed E-state index contributed by atoms with van der Waals surface area (Å²) in [5.41, 5.74) is 11.8. The van der Waals surface area contributed by atoms with Crippen molar-refractivity contribution in [2.75, 3.05) is 4.90 Å². The van der Waals surface area contributed by atoms with Crippen LogP contribution in [-0.4, -0.2) is 4.57 Å². The van der Waals surface area contributed by atoms with E-state index in [-0.39, 0.29) is 0 Å². The Morgan fingerprint density at radius 1 is 0.327 bits per heavy atom. The maximum Gasteiger partial charge on any atom is 0.0547 e. The molecule has 0 aliphatic rings. The predicted molar refractivity (Wildman–Crippen MR) is 221 cm³/mol. The van der Waals surface area contributed by atoms with Gasteiger partial charge in [-0.1, -0.05) is 140 Å². The van der Waals surface area contributed by atoms with Crippen LogP contribution in [0.15, 0.2) is 206 Å². The van der Waals surface area contributed by atoms with E-state index in [1.165, 1.54) is 65.6 Å². The highest BCUT2D eigenvalue weighted by Gasteiger charge is 2.17. The third-order valence-electron chi connectivity index (χ3n) is 10.3. The Morgan fingerprint density at radius 3 is 1.54 bits per heavy atom. The van der Waals surface area contributed by atoms with Gasteiger partial charge < -0.3 is 9.47 Å². The first-order chi connectivity index (χ1) is 25.8. The Bertz CT molecular complexity index is 2860. The highest BCUT2D eigenvalue weighted by molar-refractivity contribution is 6.13. The fourth-order valence-electron chi connectivity index (χ4n) is 7.94. The van der Waals surface area contributed by atoms with Crippen LogP contribution in [0.3, 0.4) is 0 Å². The second-order valence-corrected chi connectivity index (χ2v) is 13.4. The van der Waals surface area contributed by atoms with Gasteiger partial charge in [0.2, 0.25) is 0 Å². The molecule has 0 saturated heterocycles. The summed E-state index contributed by atoms with van der Waals surface area (Å²) in [6.07, 6.45) is 0. The molecule has 0 N–H and O–H groups in total. The molecule has 244 valence electrons. The van der Waals surface area contributed by atoms with E-state index in [4.69, 9.17) is 0 Å². The molecule has 0 unspecified atom stereocenters. The van der Waals surface area contributed by atoms with Gasteiger partial charge in [0.25, 0.3) is 0 Å². The summed E-state index contributed by atoms with van der Waals surface area (Å²) in [5, 5.41) is 7.55. The molecule has 10 aromatic rings. The molecule has 0 aliphatic carbocycles. The van der Waals surface area contributed by atoms with E-state index < -0.39 is 0 Å². The van der Waals surface area contributed by atoms with Crippen molar-refractivity contribution in [3.05, 3.63) is 206 Å². The second kappa shape index (κ2) is 12.5. The van der Waals surface area contributed by atoms with Gasteiger partial charge in [0.05, 0.1) is 11.0 Å². The minimum atomic E-state index is 1.10. The number of hydrogen-bond acceptors (Lipinski definition) is 1. The lowest BCUT2D eigenvalue weighted by molar-refractivity contribution is 1.17. The second-order valence-electron chi connectivity index (χ2n) is 13.4. The zero-order valence-corrected chi connectivity index (χ0v) is 28.5. The zero-order chi connectivity index (χ0) is 34.4. The van der Waals surface area contributed by atoms with Gasteiger partial charge in [-0.05, 0) is 111 Å². The molecule has 0 saturated carbocycles. The molecule has 0 aliphatic heterocycles. The van der Waals surface area contributed by atoms with Crippen LogP contribution in [0.2, 0.25) is 0 Å². The van der Waals surface area contributed by atoms with E-state index in [9.17, 15) is 0 Å². The minimum Gasteiger partial charge on any atom is -0.311 e. The van der Waals surface area contributed by atoms with Crippen LogP contribution >= 0.6 is 0 Å². The number of benzene rings is 9. The van der Waals surface area contributed by atoms with Gasteiger partial charge in [-0.2, -0.15) is 0 Å².